The van der Waals surface area contributed by atoms with Crippen LogP contribution in [0.15, 0.2) is 0 Å². The summed E-state index contributed by atoms with van der Waals surface area (Å²) in [6.07, 6.45) is 7.24. The maximum atomic E-state index is 11.8. The highest BCUT2D eigenvalue weighted by Gasteiger charge is 2.31. The number of rotatable bonds is 9. The van der Waals surface area contributed by atoms with Crippen molar-refractivity contribution in [3.63, 3.8) is 0 Å². The summed E-state index contributed by atoms with van der Waals surface area (Å²) in [5.41, 5.74) is -0.346. The average molecular weight is 242 g/mol. The van der Waals surface area contributed by atoms with Gasteiger partial charge in [-0.3, -0.25) is 4.79 Å². The van der Waals surface area contributed by atoms with Crippen LogP contribution in [0.2, 0.25) is 0 Å². The smallest absolute Gasteiger partial charge is 0.311 e. The van der Waals surface area contributed by atoms with Crippen LogP contribution in [-0.4, -0.2) is 25.3 Å². The highest BCUT2D eigenvalue weighted by atomic mass is 16.6. The first-order valence-corrected chi connectivity index (χ1v) is 6.85. The van der Waals surface area contributed by atoms with E-state index in [1.54, 1.807) is 0 Å². The van der Waals surface area contributed by atoms with E-state index in [1.165, 1.54) is 25.7 Å². The van der Waals surface area contributed by atoms with E-state index in [2.05, 4.69) is 6.92 Å². The van der Waals surface area contributed by atoms with Gasteiger partial charge in [0.25, 0.3) is 0 Å². The molecule has 0 radical (unpaired) electrons. The van der Waals surface area contributed by atoms with Crippen molar-refractivity contribution in [2.24, 2.45) is 5.41 Å². The topological polar surface area (TPSA) is 38.8 Å². The van der Waals surface area contributed by atoms with E-state index >= 15 is 0 Å². The van der Waals surface area contributed by atoms with Gasteiger partial charge in [0.15, 0.2) is 0 Å². The van der Waals surface area contributed by atoms with Gasteiger partial charge in [-0.05, 0) is 20.3 Å². The Kier molecular flexibility index (Phi) is 5.96. The molecule has 0 saturated carbocycles. The predicted molar refractivity (Wildman–Crippen MR) is 67.9 cm³/mol. The second-order valence-corrected chi connectivity index (χ2v) is 5.60. The van der Waals surface area contributed by atoms with Gasteiger partial charge in [0.2, 0.25) is 0 Å². The van der Waals surface area contributed by atoms with Gasteiger partial charge in [0, 0.05) is 0 Å². The van der Waals surface area contributed by atoms with E-state index in [4.69, 9.17) is 9.47 Å². The lowest BCUT2D eigenvalue weighted by Gasteiger charge is -2.22. The zero-order chi connectivity index (χ0) is 12.7. The molecule has 3 nitrogen and oxygen atoms in total. The molecular weight excluding hydrogens is 216 g/mol. The van der Waals surface area contributed by atoms with Gasteiger partial charge in [-0.1, -0.05) is 39.0 Å². The average Bonchev–Trinajstić information content (AvgIpc) is 3.09. The second-order valence-electron chi connectivity index (χ2n) is 5.60. The third-order valence-corrected chi connectivity index (χ3v) is 3.26. The molecule has 17 heavy (non-hydrogen) atoms. The molecule has 0 aromatic rings. The second kappa shape index (κ2) is 7.00. The fraction of sp³-hybridized carbons (Fsp3) is 0.929. The summed E-state index contributed by atoms with van der Waals surface area (Å²) in [6, 6.07) is 0. The van der Waals surface area contributed by atoms with Gasteiger partial charge in [0.1, 0.15) is 12.7 Å². The Hall–Kier alpha value is -0.570. The summed E-state index contributed by atoms with van der Waals surface area (Å²) < 4.78 is 10.3. The van der Waals surface area contributed by atoms with Gasteiger partial charge in [-0.2, -0.15) is 0 Å². The number of carbonyl (C=O) groups excluding carboxylic acids is 1. The summed E-state index contributed by atoms with van der Waals surface area (Å²) in [5, 5.41) is 0. The molecule has 1 fully saturated rings. The minimum Gasteiger partial charge on any atom is -0.462 e. The SMILES string of the molecule is CCCCCCCC(C)(C)C(=O)OCC1CO1. The van der Waals surface area contributed by atoms with Gasteiger partial charge >= 0.3 is 5.97 Å². The van der Waals surface area contributed by atoms with Crippen LogP contribution in [0.1, 0.15) is 59.3 Å². The molecule has 1 aliphatic heterocycles. The lowest BCUT2D eigenvalue weighted by atomic mass is 9.87. The molecule has 0 spiro atoms. The number of carbonyl (C=O) groups is 1. The van der Waals surface area contributed by atoms with Crippen molar-refractivity contribution in [2.75, 3.05) is 13.2 Å². The van der Waals surface area contributed by atoms with Crippen molar-refractivity contribution in [3.8, 4) is 0 Å². The Bertz CT molecular complexity index is 232. The van der Waals surface area contributed by atoms with Crippen molar-refractivity contribution in [2.45, 2.75) is 65.4 Å². The number of esters is 1. The Morgan fingerprint density at radius 2 is 1.94 bits per heavy atom. The Morgan fingerprint density at radius 3 is 2.53 bits per heavy atom. The van der Waals surface area contributed by atoms with Crippen molar-refractivity contribution in [1.82, 2.24) is 0 Å². The van der Waals surface area contributed by atoms with Crippen LogP contribution in [0.5, 0.6) is 0 Å². The number of hydrogen-bond donors (Lipinski definition) is 0. The Morgan fingerprint density at radius 1 is 1.29 bits per heavy atom. The zero-order valence-corrected chi connectivity index (χ0v) is 11.5. The molecule has 0 N–H and O–H groups in total. The van der Waals surface area contributed by atoms with Crippen LogP contribution >= 0.6 is 0 Å². The largest absolute Gasteiger partial charge is 0.462 e. The lowest BCUT2D eigenvalue weighted by molar-refractivity contribution is -0.154. The van der Waals surface area contributed by atoms with E-state index in [0.717, 1.165) is 19.4 Å². The molecule has 1 heterocycles. The maximum absolute atomic E-state index is 11.8. The molecule has 3 heteroatoms. The van der Waals surface area contributed by atoms with E-state index in [0.29, 0.717) is 6.61 Å². The minimum atomic E-state index is -0.346. The Labute approximate surface area is 105 Å². The van der Waals surface area contributed by atoms with Crippen LogP contribution in [0.3, 0.4) is 0 Å². The molecule has 100 valence electrons. The molecule has 0 bridgehead atoms. The monoisotopic (exact) mass is 242 g/mol. The van der Waals surface area contributed by atoms with E-state index in [-0.39, 0.29) is 17.5 Å². The van der Waals surface area contributed by atoms with Gasteiger partial charge in [-0.25, -0.2) is 0 Å². The molecule has 0 aliphatic carbocycles. The molecule has 1 atom stereocenters. The van der Waals surface area contributed by atoms with Gasteiger partial charge in [-0.15, -0.1) is 0 Å². The standard InChI is InChI=1S/C14H26O3/c1-4-5-6-7-8-9-14(2,3)13(15)17-11-12-10-16-12/h12H,4-11H2,1-3H3. The zero-order valence-electron chi connectivity index (χ0n) is 11.5. The minimum absolute atomic E-state index is 0.0801. The third kappa shape index (κ3) is 6.06. The fourth-order valence-corrected chi connectivity index (χ4v) is 1.80. The number of unbranched alkanes of at least 4 members (excludes halogenated alkanes) is 4. The normalized spacial score (nSPS) is 19.1. The van der Waals surface area contributed by atoms with Crippen LogP contribution in [0.25, 0.3) is 0 Å². The summed E-state index contributed by atoms with van der Waals surface area (Å²) >= 11 is 0. The molecule has 1 aliphatic rings. The molecular formula is C14H26O3. The first-order valence-electron chi connectivity index (χ1n) is 6.85. The summed E-state index contributed by atoms with van der Waals surface area (Å²) in [6.45, 7) is 7.33. The molecule has 0 aromatic carbocycles. The van der Waals surface area contributed by atoms with Gasteiger partial charge in [0.05, 0.1) is 12.0 Å². The number of epoxide rings is 1. The highest BCUT2D eigenvalue weighted by Crippen LogP contribution is 2.26. The summed E-state index contributed by atoms with van der Waals surface area (Å²) in [4.78, 5) is 11.8. The molecule has 1 unspecified atom stereocenters. The molecule has 1 rings (SSSR count). The van der Waals surface area contributed by atoms with Crippen LogP contribution in [-0.2, 0) is 14.3 Å². The van der Waals surface area contributed by atoms with E-state index in [1.807, 2.05) is 13.8 Å². The van der Waals surface area contributed by atoms with Gasteiger partial charge < -0.3 is 9.47 Å². The van der Waals surface area contributed by atoms with Crippen molar-refractivity contribution in [1.29, 1.82) is 0 Å². The van der Waals surface area contributed by atoms with Crippen molar-refractivity contribution >= 4 is 5.97 Å². The quantitative estimate of drug-likeness (QED) is 0.354. The molecule has 0 aromatic heterocycles. The first kappa shape index (κ1) is 14.5. The Balaban J connectivity index is 2.11. The maximum Gasteiger partial charge on any atom is 0.311 e. The first-order chi connectivity index (χ1) is 8.06. The van der Waals surface area contributed by atoms with Crippen molar-refractivity contribution < 1.29 is 14.3 Å². The number of ether oxygens (including phenoxy) is 2. The van der Waals surface area contributed by atoms with Crippen molar-refractivity contribution in [3.05, 3.63) is 0 Å². The summed E-state index contributed by atoms with van der Waals surface area (Å²) in [5.74, 6) is -0.0801. The van der Waals surface area contributed by atoms with Crippen LogP contribution in [0, 0.1) is 5.41 Å². The van der Waals surface area contributed by atoms with E-state index < -0.39 is 0 Å². The third-order valence-electron chi connectivity index (χ3n) is 3.26. The lowest BCUT2D eigenvalue weighted by Crippen LogP contribution is -2.27. The summed E-state index contributed by atoms with van der Waals surface area (Å²) in [7, 11) is 0. The molecule has 1 saturated heterocycles. The fourth-order valence-electron chi connectivity index (χ4n) is 1.80. The number of hydrogen-bond acceptors (Lipinski definition) is 3. The van der Waals surface area contributed by atoms with Crippen LogP contribution < -0.4 is 0 Å². The van der Waals surface area contributed by atoms with Crippen LogP contribution in [0.4, 0.5) is 0 Å². The molecule has 0 amide bonds. The predicted octanol–water partition coefficient (Wildman–Crippen LogP) is 3.32. The van der Waals surface area contributed by atoms with E-state index in [9.17, 15) is 4.79 Å². The highest BCUT2D eigenvalue weighted by molar-refractivity contribution is 5.75.